The van der Waals surface area contributed by atoms with Gasteiger partial charge in [-0.15, -0.1) is 22.7 Å². The Bertz CT molecular complexity index is 1190. The van der Waals surface area contributed by atoms with Gasteiger partial charge in [0.05, 0.1) is 5.69 Å². The zero-order valence-corrected chi connectivity index (χ0v) is 15.6. The number of hydrogen-bond donors (Lipinski definition) is 1. The molecular weight excluding hydrogens is 368 g/mol. The molecule has 130 valence electrons. The summed E-state index contributed by atoms with van der Waals surface area (Å²) in [5.41, 5.74) is 3.73. The largest absolute Gasteiger partial charge is 0.298 e. The quantitative estimate of drug-likeness (QED) is 0.585. The lowest BCUT2D eigenvalue weighted by molar-refractivity contribution is 0.102. The van der Waals surface area contributed by atoms with Crippen LogP contribution in [0.5, 0.6) is 0 Å². The van der Waals surface area contributed by atoms with Crippen LogP contribution in [0.4, 0.5) is 5.13 Å². The number of carbonyl (C=O) groups is 1. The molecule has 0 saturated heterocycles. The number of aromatic nitrogens is 3. The van der Waals surface area contributed by atoms with E-state index < -0.39 is 5.91 Å². The molecule has 3 heterocycles. The van der Waals surface area contributed by atoms with Crippen LogP contribution in [-0.2, 0) is 0 Å². The van der Waals surface area contributed by atoms with E-state index in [1.807, 2.05) is 31.4 Å². The molecule has 26 heavy (non-hydrogen) atoms. The molecule has 0 saturated carbocycles. The smallest absolute Gasteiger partial charge is 0.271 e. The van der Waals surface area contributed by atoms with E-state index in [-0.39, 0.29) is 11.1 Å². The number of amides is 1. The van der Waals surface area contributed by atoms with E-state index >= 15 is 0 Å². The molecule has 4 rings (SSSR count). The fourth-order valence-electron chi connectivity index (χ4n) is 2.70. The number of carbonyl (C=O) groups excluding carboxylic acids is 1. The topological polar surface area (TPSA) is 76.4 Å². The Labute approximate surface area is 156 Å². The summed E-state index contributed by atoms with van der Waals surface area (Å²) in [6.07, 6.45) is 2.91. The molecule has 0 bridgehead atoms. The molecule has 0 aliphatic carbocycles. The summed E-state index contributed by atoms with van der Waals surface area (Å²) < 4.78 is 1.36. The maximum Gasteiger partial charge on any atom is 0.271 e. The van der Waals surface area contributed by atoms with Crippen molar-refractivity contribution in [1.82, 2.24) is 14.4 Å². The molecule has 0 fully saturated rings. The second-order valence-electron chi connectivity index (χ2n) is 5.84. The molecule has 3 aromatic heterocycles. The van der Waals surface area contributed by atoms with Crippen molar-refractivity contribution in [2.24, 2.45) is 0 Å². The van der Waals surface area contributed by atoms with Gasteiger partial charge in [0.25, 0.3) is 11.5 Å². The van der Waals surface area contributed by atoms with Crippen LogP contribution in [0.3, 0.4) is 0 Å². The number of nitrogens with zero attached hydrogens (tertiary/aromatic N) is 3. The zero-order chi connectivity index (χ0) is 18.3. The number of nitrogens with one attached hydrogen (secondary N) is 1. The molecule has 0 unspecified atom stereocenters. The Kier molecular flexibility index (Phi) is 4.14. The minimum absolute atomic E-state index is 0.0100. The maximum absolute atomic E-state index is 12.5. The molecule has 0 aliphatic rings. The van der Waals surface area contributed by atoms with E-state index in [0.717, 1.165) is 16.8 Å². The Hall–Kier alpha value is -2.84. The van der Waals surface area contributed by atoms with Crippen LogP contribution in [0.15, 0.2) is 46.1 Å². The normalized spacial score (nSPS) is 11.0. The summed E-state index contributed by atoms with van der Waals surface area (Å²) in [7, 11) is 0. The Morgan fingerprint density at radius 2 is 2.08 bits per heavy atom. The summed E-state index contributed by atoms with van der Waals surface area (Å²) in [6, 6.07) is 6.14. The molecule has 4 aromatic rings. The second-order valence-corrected chi connectivity index (χ2v) is 7.57. The first-order valence-electron chi connectivity index (χ1n) is 7.82. The SMILES string of the molecule is Cc1ccc(-c2csc(NC(=O)c3cnc4sccn4c3=O)n2)c(C)c1. The van der Waals surface area contributed by atoms with Gasteiger partial charge in [0.1, 0.15) is 5.56 Å². The van der Waals surface area contributed by atoms with Crippen LogP contribution < -0.4 is 10.9 Å². The number of rotatable bonds is 3. The average molecular weight is 382 g/mol. The lowest BCUT2D eigenvalue weighted by Crippen LogP contribution is -2.25. The molecule has 1 N–H and O–H groups in total. The van der Waals surface area contributed by atoms with Gasteiger partial charge in [0.2, 0.25) is 0 Å². The predicted molar refractivity (Wildman–Crippen MR) is 104 cm³/mol. The number of fused-ring (bicyclic) bond motifs is 1. The summed E-state index contributed by atoms with van der Waals surface area (Å²) in [5, 5.41) is 6.78. The van der Waals surface area contributed by atoms with Gasteiger partial charge in [-0.1, -0.05) is 23.8 Å². The van der Waals surface area contributed by atoms with Crippen molar-refractivity contribution in [1.29, 1.82) is 0 Å². The minimum atomic E-state index is -0.510. The van der Waals surface area contributed by atoms with Crippen molar-refractivity contribution in [2.75, 3.05) is 5.32 Å². The molecule has 6 nitrogen and oxygen atoms in total. The van der Waals surface area contributed by atoms with Gasteiger partial charge in [-0.25, -0.2) is 9.97 Å². The number of anilines is 1. The van der Waals surface area contributed by atoms with Gasteiger partial charge in [-0.3, -0.25) is 19.3 Å². The molecular formula is C18H14N4O2S2. The van der Waals surface area contributed by atoms with Gasteiger partial charge >= 0.3 is 0 Å². The number of hydrogen-bond acceptors (Lipinski definition) is 6. The Morgan fingerprint density at radius 3 is 2.88 bits per heavy atom. The molecule has 0 radical (unpaired) electrons. The van der Waals surface area contributed by atoms with E-state index in [4.69, 9.17) is 0 Å². The number of aryl methyl sites for hydroxylation is 2. The molecule has 1 amide bonds. The van der Waals surface area contributed by atoms with Gasteiger partial charge in [0.15, 0.2) is 10.1 Å². The summed E-state index contributed by atoms with van der Waals surface area (Å²) >= 11 is 2.66. The third-order valence-electron chi connectivity index (χ3n) is 3.97. The van der Waals surface area contributed by atoms with Crippen molar-refractivity contribution in [3.05, 3.63) is 68.4 Å². The lowest BCUT2D eigenvalue weighted by atomic mass is 10.0. The predicted octanol–water partition coefficient (Wildman–Crippen LogP) is 3.75. The standard InChI is InChI=1S/C18H14N4O2S2/c1-10-3-4-12(11(2)7-10)14-9-26-17(20-14)21-15(23)13-8-19-18-22(16(13)24)5-6-25-18/h3-9H,1-2H3,(H,20,21,23). The highest BCUT2D eigenvalue weighted by Crippen LogP contribution is 2.28. The van der Waals surface area contributed by atoms with Gasteiger partial charge < -0.3 is 0 Å². The monoisotopic (exact) mass is 382 g/mol. The highest BCUT2D eigenvalue weighted by Gasteiger charge is 2.16. The molecule has 1 aromatic carbocycles. The van der Waals surface area contributed by atoms with E-state index in [0.29, 0.717) is 10.1 Å². The second kappa shape index (κ2) is 6.47. The van der Waals surface area contributed by atoms with Crippen LogP contribution in [0.2, 0.25) is 0 Å². The third-order valence-corrected chi connectivity index (χ3v) is 5.50. The van der Waals surface area contributed by atoms with Crippen LogP contribution in [0, 0.1) is 13.8 Å². The summed E-state index contributed by atoms with van der Waals surface area (Å²) in [6.45, 7) is 4.07. The molecule has 0 spiro atoms. The average Bonchev–Trinajstić information content (AvgIpc) is 3.24. The van der Waals surface area contributed by atoms with E-state index in [1.165, 1.54) is 38.8 Å². The van der Waals surface area contributed by atoms with Gasteiger partial charge in [0, 0.05) is 28.7 Å². The van der Waals surface area contributed by atoms with Crippen molar-refractivity contribution in [2.45, 2.75) is 13.8 Å². The molecule has 8 heteroatoms. The summed E-state index contributed by atoms with van der Waals surface area (Å²) in [4.78, 5) is 34.0. The van der Waals surface area contributed by atoms with E-state index in [9.17, 15) is 9.59 Å². The van der Waals surface area contributed by atoms with Gasteiger partial charge in [-0.2, -0.15) is 0 Å². The first-order chi connectivity index (χ1) is 12.5. The van der Waals surface area contributed by atoms with Crippen molar-refractivity contribution in [3.8, 4) is 11.3 Å². The minimum Gasteiger partial charge on any atom is -0.298 e. The molecule has 0 aliphatic heterocycles. The van der Waals surface area contributed by atoms with Crippen LogP contribution >= 0.6 is 22.7 Å². The summed E-state index contributed by atoms with van der Waals surface area (Å²) in [5.74, 6) is -0.510. The Balaban J connectivity index is 1.61. The number of benzene rings is 1. The van der Waals surface area contributed by atoms with Crippen LogP contribution in [0.25, 0.3) is 16.2 Å². The van der Waals surface area contributed by atoms with Crippen molar-refractivity contribution in [3.63, 3.8) is 0 Å². The Morgan fingerprint density at radius 1 is 1.23 bits per heavy atom. The van der Waals surface area contributed by atoms with E-state index in [2.05, 4.69) is 21.4 Å². The molecule has 0 atom stereocenters. The van der Waals surface area contributed by atoms with Crippen molar-refractivity contribution < 1.29 is 4.79 Å². The zero-order valence-electron chi connectivity index (χ0n) is 14.0. The highest BCUT2D eigenvalue weighted by molar-refractivity contribution is 7.15. The van der Waals surface area contributed by atoms with Crippen LogP contribution in [0.1, 0.15) is 21.5 Å². The highest BCUT2D eigenvalue weighted by atomic mass is 32.1. The fraction of sp³-hybridized carbons (Fsp3) is 0.111. The van der Waals surface area contributed by atoms with E-state index in [1.54, 1.807) is 11.6 Å². The lowest BCUT2D eigenvalue weighted by Gasteiger charge is -2.04. The first kappa shape index (κ1) is 16.6. The van der Waals surface area contributed by atoms with Crippen LogP contribution in [-0.4, -0.2) is 20.3 Å². The fourth-order valence-corrected chi connectivity index (χ4v) is 4.08. The van der Waals surface area contributed by atoms with Crippen molar-refractivity contribution >= 4 is 38.7 Å². The third kappa shape index (κ3) is 2.93. The maximum atomic E-state index is 12.5. The number of thiazole rings is 2. The van der Waals surface area contributed by atoms with Gasteiger partial charge in [-0.05, 0) is 19.4 Å². The first-order valence-corrected chi connectivity index (χ1v) is 9.58.